The molecule has 0 atom stereocenters. The first-order chi connectivity index (χ1) is 9.67. The molecule has 2 aromatic rings. The topological polar surface area (TPSA) is 77.4 Å². The van der Waals surface area contributed by atoms with Gasteiger partial charge in [-0.05, 0) is 24.7 Å². The second-order valence-electron chi connectivity index (χ2n) is 4.76. The van der Waals surface area contributed by atoms with Gasteiger partial charge >= 0.3 is 0 Å². The van der Waals surface area contributed by atoms with Crippen molar-refractivity contribution in [2.45, 2.75) is 19.5 Å². The van der Waals surface area contributed by atoms with Crippen molar-refractivity contribution in [1.82, 2.24) is 15.0 Å². The summed E-state index contributed by atoms with van der Waals surface area (Å²) in [4.78, 5) is 6.42. The second-order valence-corrected chi connectivity index (χ2v) is 4.76. The molecule has 0 spiro atoms. The van der Waals surface area contributed by atoms with Gasteiger partial charge in [-0.3, -0.25) is 4.90 Å². The van der Waals surface area contributed by atoms with Crippen LogP contribution in [0.15, 0.2) is 28.8 Å². The molecule has 2 rings (SSSR count). The average molecular weight is 313 g/mol. The number of benzene rings is 1. The van der Waals surface area contributed by atoms with Crippen molar-refractivity contribution in [3.8, 4) is 0 Å². The first kappa shape index (κ1) is 17.4. The molecule has 1 aromatic carbocycles. The van der Waals surface area contributed by atoms with E-state index in [-0.39, 0.29) is 12.4 Å². The molecular formula is C14H21ClN4O2. The van der Waals surface area contributed by atoms with E-state index in [1.165, 1.54) is 0 Å². The Hall–Kier alpha value is -1.63. The molecule has 0 saturated heterocycles. The van der Waals surface area contributed by atoms with E-state index in [4.69, 9.17) is 15.0 Å². The molecule has 1 aromatic heterocycles. The molecule has 0 radical (unpaired) electrons. The minimum atomic E-state index is 0. The van der Waals surface area contributed by atoms with Crippen LogP contribution in [0.5, 0.6) is 0 Å². The highest BCUT2D eigenvalue weighted by Crippen LogP contribution is 2.10. The van der Waals surface area contributed by atoms with E-state index in [1.807, 2.05) is 31.3 Å². The summed E-state index contributed by atoms with van der Waals surface area (Å²) in [6.07, 6.45) is 0.666. The van der Waals surface area contributed by atoms with Crippen LogP contribution in [-0.2, 0) is 24.2 Å². The number of methoxy groups -OCH3 is 1. The van der Waals surface area contributed by atoms with Gasteiger partial charge in [0.2, 0.25) is 5.89 Å². The number of rotatable bonds is 7. The SMILES string of the molecule is COCCc1noc(CN(C)Cc2cccc(N)c2)n1.Cl. The standard InChI is InChI=1S/C14H20N4O2.ClH/c1-18(9-11-4-3-5-12(15)8-11)10-14-16-13(17-20-14)6-7-19-2;/h3-5,8H,6-7,9-10,15H2,1-2H3;1H. The van der Waals surface area contributed by atoms with Crippen LogP contribution < -0.4 is 5.73 Å². The quantitative estimate of drug-likeness (QED) is 0.787. The molecule has 0 aliphatic carbocycles. The van der Waals surface area contributed by atoms with E-state index >= 15 is 0 Å². The third kappa shape index (κ3) is 5.71. The highest BCUT2D eigenvalue weighted by atomic mass is 35.5. The summed E-state index contributed by atoms with van der Waals surface area (Å²) >= 11 is 0. The summed E-state index contributed by atoms with van der Waals surface area (Å²) in [6, 6.07) is 7.84. The Balaban J connectivity index is 0.00000220. The lowest BCUT2D eigenvalue weighted by molar-refractivity contribution is 0.199. The fraction of sp³-hybridized carbons (Fsp3) is 0.429. The molecule has 6 nitrogen and oxygen atoms in total. The number of hydrogen-bond acceptors (Lipinski definition) is 6. The normalized spacial score (nSPS) is 10.6. The van der Waals surface area contributed by atoms with Crippen LogP contribution in [0.4, 0.5) is 5.69 Å². The van der Waals surface area contributed by atoms with Crippen LogP contribution in [0.3, 0.4) is 0 Å². The average Bonchev–Trinajstić information content (AvgIpc) is 2.83. The number of nitrogen functional groups attached to an aromatic ring is 1. The van der Waals surface area contributed by atoms with E-state index < -0.39 is 0 Å². The van der Waals surface area contributed by atoms with Crippen LogP contribution in [0.2, 0.25) is 0 Å². The maximum Gasteiger partial charge on any atom is 0.240 e. The fourth-order valence-corrected chi connectivity index (χ4v) is 1.94. The first-order valence-corrected chi connectivity index (χ1v) is 6.50. The van der Waals surface area contributed by atoms with Crippen molar-refractivity contribution in [3.05, 3.63) is 41.5 Å². The van der Waals surface area contributed by atoms with Crippen LogP contribution >= 0.6 is 12.4 Å². The van der Waals surface area contributed by atoms with Crippen molar-refractivity contribution >= 4 is 18.1 Å². The van der Waals surface area contributed by atoms with Gasteiger partial charge < -0.3 is 15.0 Å². The van der Waals surface area contributed by atoms with Gasteiger partial charge in [-0.15, -0.1) is 12.4 Å². The lowest BCUT2D eigenvalue weighted by atomic mass is 10.2. The number of aromatic nitrogens is 2. The van der Waals surface area contributed by atoms with Gasteiger partial charge in [0.15, 0.2) is 5.82 Å². The Morgan fingerprint density at radius 1 is 1.33 bits per heavy atom. The number of ether oxygens (including phenoxy) is 1. The van der Waals surface area contributed by atoms with Crippen LogP contribution in [0.1, 0.15) is 17.3 Å². The minimum absolute atomic E-state index is 0. The van der Waals surface area contributed by atoms with Crippen molar-refractivity contribution in [2.75, 3.05) is 26.5 Å². The lowest BCUT2D eigenvalue weighted by Crippen LogP contribution is -2.17. The maximum atomic E-state index is 5.77. The monoisotopic (exact) mass is 312 g/mol. The van der Waals surface area contributed by atoms with Crippen molar-refractivity contribution in [3.63, 3.8) is 0 Å². The Bertz CT molecular complexity index is 547. The predicted octanol–water partition coefficient (Wildman–Crippen LogP) is 1.89. The number of halogens is 1. The number of anilines is 1. The highest BCUT2D eigenvalue weighted by molar-refractivity contribution is 5.85. The van der Waals surface area contributed by atoms with E-state index in [1.54, 1.807) is 7.11 Å². The molecule has 0 fully saturated rings. The summed E-state index contributed by atoms with van der Waals surface area (Å²) in [5.74, 6) is 1.29. The summed E-state index contributed by atoms with van der Waals surface area (Å²) in [6.45, 7) is 1.98. The Morgan fingerprint density at radius 3 is 2.86 bits per heavy atom. The predicted molar refractivity (Wildman–Crippen MR) is 83.2 cm³/mol. The minimum Gasteiger partial charge on any atom is -0.399 e. The van der Waals surface area contributed by atoms with Crippen LogP contribution in [0.25, 0.3) is 0 Å². The number of nitrogens with zero attached hydrogens (tertiary/aromatic N) is 3. The summed E-state index contributed by atoms with van der Waals surface area (Å²) in [7, 11) is 3.66. The largest absolute Gasteiger partial charge is 0.399 e. The van der Waals surface area contributed by atoms with Gasteiger partial charge in [-0.25, -0.2) is 0 Å². The molecule has 0 bridgehead atoms. The highest BCUT2D eigenvalue weighted by Gasteiger charge is 2.09. The zero-order valence-electron chi connectivity index (χ0n) is 12.3. The zero-order chi connectivity index (χ0) is 14.4. The molecule has 7 heteroatoms. The fourth-order valence-electron chi connectivity index (χ4n) is 1.94. The first-order valence-electron chi connectivity index (χ1n) is 6.50. The molecule has 1 heterocycles. The van der Waals surface area contributed by atoms with Crippen molar-refractivity contribution in [2.24, 2.45) is 0 Å². The molecule has 0 amide bonds. The van der Waals surface area contributed by atoms with Crippen molar-refractivity contribution in [1.29, 1.82) is 0 Å². The molecule has 0 unspecified atom stereocenters. The smallest absolute Gasteiger partial charge is 0.240 e. The van der Waals surface area contributed by atoms with Gasteiger partial charge in [0.1, 0.15) is 0 Å². The van der Waals surface area contributed by atoms with Crippen molar-refractivity contribution < 1.29 is 9.26 Å². The number of hydrogen-bond donors (Lipinski definition) is 1. The molecule has 116 valence electrons. The van der Waals surface area contributed by atoms with Crippen LogP contribution in [0, 0.1) is 0 Å². The van der Waals surface area contributed by atoms with Gasteiger partial charge in [0.25, 0.3) is 0 Å². The van der Waals surface area contributed by atoms with E-state index in [0.717, 1.165) is 17.8 Å². The van der Waals surface area contributed by atoms with E-state index in [0.29, 0.717) is 31.3 Å². The maximum absolute atomic E-state index is 5.77. The molecular weight excluding hydrogens is 292 g/mol. The molecule has 0 aliphatic heterocycles. The third-order valence-electron chi connectivity index (χ3n) is 2.85. The number of nitrogens with two attached hydrogens (primary N) is 1. The summed E-state index contributed by atoms with van der Waals surface area (Å²) in [5, 5.41) is 3.92. The van der Waals surface area contributed by atoms with Gasteiger partial charge in [-0.1, -0.05) is 17.3 Å². The second kappa shape index (κ2) is 8.61. The summed E-state index contributed by atoms with van der Waals surface area (Å²) < 4.78 is 10.2. The zero-order valence-corrected chi connectivity index (χ0v) is 13.1. The van der Waals surface area contributed by atoms with Gasteiger partial charge in [0.05, 0.1) is 13.2 Å². The molecule has 0 saturated carbocycles. The van der Waals surface area contributed by atoms with E-state index in [9.17, 15) is 0 Å². The lowest BCUT2D eigenvalue weighted by Gasteiger charge is -2.14. The Labute approximate surface area is 130 Å². The van der Waals surface area contributed by atoms with Crippen LogP contribution in [-0.4, -0.2) is 35.8 Å². The van der Waals surface area contributed by atoms with E-state index in [2.05, 4.69) is 15.0 Å². The molecule has 21 heavy (non-hydrogen) atoms. The van der Waals surface area contributed by atoms with Gasteiger partial charge in [0, 0.05) is 25.8 Å². The van der Waals surface area contributed by atoms with Gasteiger partial charge in [-0.2, -0.15) is 4.98 Å². The Kier molecular flexibility index (Phi) is 7.14. The summed E-state index contributed by atoms with van der Waals surface area (Å²) in [5.41, 5.74) is 7.70. The third-order valence-corrected chi connectivity index (χ3v) is 2.85. The Morgan fingerprint density at radius 2 is 2.14 bits per heavy atom. The molecule has 2 N–H and O–H groups in total. The molecule has 0 aliphatic rings.